The van der Waals surface area contributed by atoms with Crippen LogP contribution in [0.5, 0.6) is 0 Å². The van der Waals surface area contributed by atoms with E-state index in [0.29, 0.717) is 32.4 Å². The van der Waals surface area contributed by atoms with Crippen molar-refractivity contribution in [1.29, 1.82) is 0 Å². The van der Waals surface area contributed by atoms with Crippen molar-refractivity contribution in [3.8, 4) is 0 Å². The number of aliphatic carboxylic acids is 1. The Balaban J connectivity index is 2.16. The molecule has 1 amide bonds. The third-order valence-electron chi connectivity index (χ3n) is 4.63. The molecule has 23 heavy (non-hydrogen) atoms. The van der Waals surface area contributed by atoms with Gasteiger partial charge in [0.25, 0.3) is 0 Å². The molecule has 2 atom stereocenters. The maximum atomic E-state index is 12.9. The Morgan fingerprint density at radius 2 is 1.87 bits per heavy atom. The summed E-state index contributed by atoms with van der Waals surface area (Å²) in [7, 11) is -3.43. The number of hydrogen-bond donors (Lipinski definition) is 1. The van der Waals surface area contributed by atoms with E-state index in [0.717, 1.165) is 19.3 Å². The zero-order chi connectivity index (χ0) is 17.0. The standard InChI is InChI=1S/C15H26N2O5S/c1-2-10-23(21,22)17-9-4-3-7-13(17)15(20)16-8-5-6-12(16)11-14(18)19/h12-13H,2-11H2,1H3,(H,18,19). The van der Waals surface area contributed by atoms with Gasteiger partial charge in [0.15, 0.2) is 0 Å². The molecule has 0 spiro atoms. The van der Waals surface area contributed by atoms with E-state index in [-0.39, 0.29) is 24.1 Å². The number of carboxylic acid groups (broad SMARTS) is 1. The fourth-order valence-corrected chi connectivity index (χ4v) is 5.33. The first-order valence-corrected chi connectivity index (χ1v) is 9.99. The largest absolute Gasteiger partial charge is 0.481 e. The molecule has 8 heteroatoms. The second kappa shape index (κ2) is 7.61. The molecule has 0 aromatic carbocycles. The van der Waals surface area contributed by atoms with Gasteiger partial charge in [0.1, 0.15) is 6.04 Å². The van der Waals surface area contributed by atoms with Gasteiger partial charge in [-0.3, -0.25) is 9.59 Å². The van der Waals surface area contributed by atoms with Gasteiger partial charge in [0.05, 0.1) is 12.2 Å². The normalized spacial score (nSPS) is 26.4. The average molecular weight is 346 g/mol. The van der Waals surface area contributed by atoms with Crippen molar-refractivity contribution >= 4 is 21.9 Å². The first-order chi connectivity index (χ1) is 10.9. The molecule has 0 saturated carbocycles. The van der Waals surface area contributed by atoms with E-state index in [1.165, 1.54) is 4.31 Å². The Morgan fingerprint density at radius 3 is 2.52 bits per heavy atom. The summed E-state index contributed by atoms with van der Waals surface area (Å²) in [5.41, 5.74) is 0. The van der Waals surface area contributed by atoms with E-state index in [1.54, 1.807) is 4.90 Å². The number of piperidine rings is 1. The number of rotatable bonds is 6. The summed E-state index contributed by atoms with van der Waals surface area (Å²) in [5, 5.41) is 8.99. The summed E-state index contributed by atoms with van der Waals surface area (Å²) in [6.07, 6.45) is 4.02. The second-order valence-corrected chi connectivity index (χ2v) is 8.40. The van der Waals surface area contributed by atoms with Gasteiger partial charge < -0.3 is 10.0 Å². The van der Waals surface area contributed by atoms with Crippen LogP contribution in [0.4, 0.5) is 0 Å². The zero-order valence-corrected chi connectivity index (χ0v) is 14.4. The first-order valence-electron chi connectivity index (χ1n) is 8.38. The predicted molar refractivity (Wildman–Crippen MR) is 85.4 cm³/mol. The van der Waals surface area contributed by atoms with Gasteiger partial charge in [-0.25, -0.2) is 8.42 Å². The zero-order valence-electron chi connectivity index (χ0n) is 13.6. The van der Waals surface area contributed by atoms with Crippen LogP contribution >= 0.6 is 0 Å². The molecule has 0 aromatic heterocycles. The Kier molecular flexibility index (Phi) is 6.02. The average Bonchev–Trinajstić information content (AvgIpc) is 2.93. The summed E-state index contributed by atoms with van der Waals surface area (Å²) in [6.45, 7) is 2.72. The van der Waals surface area contributed by atoms with Crippen molar-refractivity contribution in [1.82, 2.24) is 9.21 Å². The Morgan fingerprint density at radius 1 is 1.13 bits per heavy atom. The maximum Gasteiger partial charge on any atom is 0.305 e. The minimum absolute atomic E-state index is 0.0509. The number of carbonyl (C=O) groups excluding carboxylic acids is 1. The number of nitrogens with zero attached hydrogens (tertiary/aromatic N) is 2. The number of carbonyl (C=O) groups is 2. The molecule has 2 rings (SSSR count). The van der Waals surface area contributed by atoms with Crippen LogP contribution in [0.2, 0.25) is 0 Å². The third-order valence-corrected chi connectivity index (χ3v) is 6.70. The monoisotopic (exact) mass is 346 g/mol. The Bertz CT molecular complexity index is 548. The molecule has 0 radical (unpaired) electrons. The van der Waals surface area contributed by atoms with E-state index < -0.39 is 22.0 Å². The molecule has 2 aliphatic rings. The number of hydrogen-bond acceptors (Lipinski definition) is 4. The fourth-order valence-electron chi connectivity index (χ4n) is 3.59. The van der Waals surface area contributed by atoms with Crippen molar-refractivity contribution < 1.29 is 23.1 Å². The maximum absolute atomic E-state index is 12.9. The van der Waals surface area contributed by atoms with Crippen molar-refractivity contribution in [2.24, 2.45) is 0 Å². The van der Waals surface area contributed by atoms with Gasteiger partial charge in [-0.15, -0.1) is 0 Å². The minimum Gasteiger partial charge on any atom is -0.481 e. The van der Waals surface area contributed by atoms with Gasteiger partial charge in [-0.2, -0.15) is 4.31 Å². The van der Waals surface area contributed by atoms with Gasteiger partial charge in [-0.1, -0.05) is 13.3 Å². The fraction of sp³-hybridized carbons (Fsp3) is 0.867. The molecule has 2 saturated heterocycles. The van der Waals surface area contributed by atoms with Gasteiger partial charge in [0, 0.05) is 19.1 Å². The van der Waals surface area contributed by atoms with Crippen LogP contribution in [0.15, 0.2) is 0 Å². The highest BCUT2D eigenvalue weighted by Gasteiger charge is 2.41. The van der Waals surface area contributed by atoms with Crippen LogP contribution in [0.25, 0.3) is 0 Å². The molecule has 132 valence electrons. The SMILES string of the molecule is CCCS(=O)(=O)N1CCCCC1C(=O)N1CCCC1CC(=O)O. The molecule has 2 fully saturated rings. The van der Waals surface area contributed by atoms with Crippen molar-refractivity contribution in [2.45, 2.75) is 64.0 Å². The highest BCUT2D eigenvalue weighted by Crippen LogP contribution is 2.27. The van der Waals surface area contributed by atoms with Crippen molar-refractivity contribution in [3.63, 3.8) is 0 Å². The molecule has 2 unspecified atom stereocenters. The highest BCUT2D eigenvalue weighted by molar-refractivity contribution is 7.89. The quantitative estimate of drug-likeness (QED) is 0.775. The molecule has 2 heterocycles. The molecule has 2 aliphatic heterocycles. The Labute approximate surface area is 137 Å². The van der Waals surface area contributed by atoms with Crippen LogP contribution in [-0.2, 0) is 19.6 Å². The first kappa shape index (κ1) is 18.2. The van der Waals surface area contributed by atoms with Crippen LogP contribution in [0.3, 0.4) is 0 Å². The molecule has 0 bridgehead atoms. The number of sulfonamides is 1. The van der Waals surface area contributed by atoms with Gasteiger partial charge in [-0.05, 0) is 32.1 Å². The minimum atomic E-state index is -3.43. The molecule has 7 nitrogen and oxygen atoms in total. The summed E-state index contributed by atoms with van der Waals surface area (Å²) >= 11 is 0. The third kappa shape index (κ3) is 4.23. The summed E-state index contributed by atoms with van der Waals surface area (Å²) in [5.74, 6) is -1.09. The van der Waals surface area contributed by atoms with Crippen LogP contribution < -0.4 is 0 Å². The van der Waals surface area contributed by atoms with Crippen molar-refractivity contribution in [3.05, 3.63) is 0 Å². The smallest absolute Gasteiger partial charge is 0.305 e. The van der Waals surface area contributed by atoms with E-state index in [1.807, 2.05) is 6.92 Å². The van der Waals surface area contributed by atoms with Gasteiger partial charge >= 0.3 is 5.97 Å². The number of amides is 1. The van der Waals surface area contributed by atoms with Crippen LogP contribution in [0.1, 0.15) is 51.9 Å². The highest BCUT2D eigenvalue weighted by atomic mass is 32.2. The summed E-state index contributed by atoms with van der Waals surface area (Å²) in [6, 6.07) is -0.965. The number of likely N-dealkylation sites (tertiary alicyclic amines) is 1. The molecule has 0 aliphatic carbocycles. The lowest BCUT2D eigenvalue weighted by Crippen LogP contribution is -2.54. The van der Waals surface area contributed by atoms with Gasteiger partial charge in [0.2, 0.25) is 15.9 Å². The second-order valence-electron chi connectivity index (χ2n) is 6.36. The summed E-state index contributed by atoms with van der Waals surface area (Å²) in [4.78, 5) is 25.4. The van der Waals surface area contributed by atoms with Crippen molar-refractivity contribution in [2.75, 3.05) is 18.8 Å². The lowest BCUT2D eigenvalue weighted by Gasteiger charge is -2.37. The lowest BCUT2D eigenvalue weighted by atomic mass is 10.0. The van der Waals surface area contributed by atoms with Crippen LogP contribution in [-0.4, -0.2) is 65.5 Å². The topological polar surface area (TPSA) is 95.0 Å². The molecule has 0 aromatic rings. The van der Waals surface area contributed by atoms with E-state index in [4.69, 9.17) is 5.11 Å². The molecule has 1 N–H and O–H groups in total. The molecular formula is C15H26N2O5S. The summed E-state index contributed by atoms with van der Waals surface area (Å²) < 4.78 is 26.2. The van der Waals surface area contributed by atoms with Crippen LogP contribution in [0, 0.1) is 0 Å². The van der Waals surface area contributed by atoms with E-state index in [2.05, 4.69) is 0 Å². The Hall–Kier alpha value is -1.15. The molecular weight excluding hydrogens is 320 g/mol. The van der Waals surface area contributed by atoms with E-state index in [9.17, 15) is 18.0 Å². The number of carboxylic acids is 1. The lowest BCUT2D eigenvalue weighted by molar-refractivity contribution is -0.141. The predicted octanol–water partition coefficient (Wildman–Crippen LogP) is 1.05. The van der Waals surface area contributed by atoms with E-state index >= 15 is 0 Å².